The summed E-state index contributed by atoms with van der Waals surface area (Å²) in [6.07, 6.45) is 11.5. The zero-order chi connectivity index (χ0) is 46.2. The lowest BCUT2D eigenvalue weighted by Crippen LogP contribution is -2.69. The van der Waals surface area contributed by atoms with Gasteiger partial charge in [0.15, 0.2) is 18.1 Å². The summed E-state index contributed by atoms with van der Waals surface area (Å²) in [5.41, 5.74) is -2.50. The SMILES string of the molecule is Cc1oc2c(C)c3oc(=O)cc(C)c3cc2c1CNC(=O)OCCCCCCCCCCCNC(=O)OCC(=O)[C@@]1(O)[C@H](C)CC2C3CCC4=CC(=O)C=CC4(C)[C@@]3(F)C(O)CC21C. The second kappa shape index (κ2) is 18.6. The number of benzene rings is 1. The lowest BCUT2D eigenvalue weighted by atomic mass is 9.44. The minimum absolute atomic E-state index is 0.138. The number of Topliss-reactive ketones (excluding diaryl/α,β-unsaturated/α-hetero) is 1. The number of aryl methyl sites for hydroxylation is 3. The number of carbonyl (C=O) groups excluding carboxylic acids is 4. The van der Waals surface area contributed by atoms with Crippen LogP contribution in [-0.2, 0) is 25.6 Å². The second-order valence-electron chi connectivity index (χ2n) is 19.4. The number of nitrogens with one attached hydrogen (secondary N) is 2. The molecule has 2 aromatic heterocycles. The Kier molecular flexibility index (Phi) is 13.7. The quantitative estimate of drug-likeness (QED) is 0.0747. The summed E-state index contributed by atoms with van der Waals surface area (Å²) in [6, 6.07) is 3.40. The molecule has 4 aliphatic carbocycles. The highest BCUT2D eigenvalue weighted by molar-refractivity contribution is 6.01. The van der Waals surface area contributed by atoms with Crippen LogP contribution in [0.5, 0.6) is 0 Å². The van der Waals surface area contributed by atoms with Crippen molar-refractivity contribution in [2.24, 2.45) is 28.6 Å². The molecule has 0 spiro atoms. The predicted molar refractivity (Wildman–Crippen MR) is 238 cm³/mol. The van der Waals surface area contributed by atoms with Crippen LogP contribution in [0, 0.1) is 49.4 Å². The molecule has 0 bridgehead atoms. The number of fused-ring (bicyclic) bond motifs is 7. The lowest BCUT2D eigenvalue weighted by Gasteiger charge is -2.62. The second-order valence-corrected chi connectivity index (χ2v) is 19.4. The molecule has 2 amide bonds. The van der Waals surface area contributed by atoms with Gasteiger partial charge in [-0.25, -0.2) is 18.8 Å². The molecular weight excluding hydrogens is 824 g/mol. The molecule has 0 aliphatic heterocycles. The number of alkyl halides is 1. The number of hydrogen-bond donors (Lipinski definition) is 4. The Labute approximate surface area is 373 Å². The van der Waals surface area contributed by atoms with Crippen LogP contribution in [0.1, 0.15) is 127 Å². The fraction of sp³-hybridized carbons (Fsp3) is 0.620. The number of unbranched alkanes of at least 4 members (excludes halogenated alkanes) is 8. The van der Waals surface area contributed by atoms with Crippen molar-refractivity contribution in [1.29, 1.82) is 0 Å². The van der Waals surface area contributed by atoms with E-state index in [4.69, 9.17) is 18.3 Å². The van der Waals surface area contributed by atoms with Crippen LogP contribution in [0.15, 0.2) is 49.6 Å². The topological polar surface area (TPSA) is 195 Å². The van der Waals surface area contributed by atoms with E-state index in [2.05, 4.69) is 10.6 Å². The van der Waals surface area contributed by atoms with Crippen LogP contribution < -0.4 is 16.3 Å². The van der Waals surface area contributed by atoms with E-state index in [1.54, 1.807) is 26.8 Å². The summed E-state index contributed by atoms with van der Waals surface area (Å²) in [5, 5.41) is 30.9. The third kappa shape index (κ3) is 8.33. The number of rotatable bonds is 17. The fourth-order valence-electron chi connectivity index (χ4n) is 12.0. The maximum Gasteiger partial charge on any atom is 0.407 e. The van der Waals surface area contributed by atoms with Crippen LogP contribution in [0.25, 0.3) is 21.9 Å². The minimum atomic E-state index is -2.07. The molecule has 348 valence electrons. The maximum atomic E-state index is 17.4. The normalized spacial score (nSPS) is 29.5. The summed E-state index contributed by atoms with van der Waals surface area (Å²) in [4.78, 5) is 62.9. The first-order valence-electron chi connectivity index (χ1n) is 23.2. The van der Waals surface area contributed by atoms with Crippen molar-refractivity contribution in [3.63, 3.8) is 0 Å². The third-order valence-electron chi connectivity index (χ3n) is 15.6. The first-order valence-corrected chi connectivity index (χ1v) is 23.2. The molecule has 14 heteroatoms. The van der Waals surface area contributed by atoms with Gasteiger partial charge in [0.05, 0.1) is 19.3 Å². The van der Waals surface area contributed by atoms with Crippen molar-refractivity contribution in [1.82, 2.24) is 10.6 Å². The van der Waals surface area contributed by atoms with Gasteiger partial charge in [-0.05, 0) is 102 Å². The molecule has 2 heterocycles. The number of ether oxygens (including phenoxy) is 2. The first-order chi connectivity index (χ1) is 30.4. The van der Waals surface area contributed by atoms with Crippen molar-refractivity contribution in [3.8, 4) is 0 Å². The monoisotopic (exact) mass is 888 g/mol. The smallest absolute Gasteiger partial charge is 0.407 e. The number of ketones is 2. The molecular formula is C50H65FN2O11. The van der Waals surface area contributed by atoms with E-state index in [1.165, 1.54) is 18.2 Å². The number of aliphatic hydroxyl groups is 2. The van der Waals surface area contributed by atoms with E-state index < -0.39 is 76.2 Å². The molecule has 64 heavy (non-hydrogen) atoms. The summed E-state index contributed by atoms with van der Waals surface area (Å²) in [6.45, 7) is 11.2. The number of alkyl carbamates (subject to hydrolysis) is 2. The van der Waals surface area contributed by atoms with Crippen molar-refractivity contribution in [3.05, 3.63) is 68.8 Å². The van der Waals surface area contributed by atoms with Gasteiger partial charge in [-0.3, -0.25) is 9.59 Å². The molecule has 13 nitrogen and oxygen atoms in total. The number of allylic oxidation sites excluding steroid dienone is 4. The van der Waals surface area contributed by atoms with Gasteiger partial charge in [-0.15, -0.1) is 0 Å². The number of hydrogen-bond acceptors (Lipinski definition) is 11. The Balaban J connectivity index is 0.739. The van der Waals surface area contributed by atoms with Gasteiger partial charge in [0.2, 0.25) is 5.78 Å². The van der Waals surface area contributed by atoms with E-state index in [0.717, 1.165) is 85.3 Å². The Hall–Kier alpha value is -4.82. The minimum Gasteiger partial charge on any atom is -0.461 e. The van der Waals surface area contributed by atoms with Crippen molar-refractivity contribution in [2.45, 2.75) is 149 Å². The van der Waals surface area contributed by atoms with Gasteiger partial charge in [-0.2, -0.15) is 0 Å². The zero-order valence-corrected chi connectivity index (χ0v) is 38.2. The van der Waals surface area contributed by atoms with E-state index in [1.807, 2.05) is 26.8 Å². The van der Waals surface area contributed by atoms with E-state index in [0.29, 0.717) is 54.9 Å². The molecule has 4 N–H and O–H groups in total. The number of carbonyl (C=O) groups is 4. The van der Waals surface area contributed by atoms with Gasteiger partial charge >= 0.3 is 17.8 Å². The molecule has 1 aromatic carbocycles. The zero-order valence-electron chi connectivity index (χ0n) is 38.2. The largest absolute Gasteiger partial charge is 0.461 e. The number of amides is 2. The first kappa shape index (κ1) is 47.2. The van der Waals surface area contributed by atoms with Gasteiger partial charge in [0.25, 0.3) is 0 Å². The fourth-order valence-corrected chi connectivity index (χ4v) is 12.0. The molecule has 4 aliphatic rings. The van der Waals surface area contributed by atoms with Crippen LogP contribution in [0.4, 0.5) is 14.0 Å². The molecule has 8 atom stereocenters. The van der Waals surface area contributed by atoms with Crippen LogP contribution in [0.2, 0.25) is 0 Å². The van der Waals surface area contributed by atoms with Crippen LogP contribution in [0.3, 0.4) is 0 Å². The molecule has 3 aromatic rings. The van der Waals surface area contributed by atoms with Gasteiger partial charge < -0.3 is 39.2 Å². The average Bonchev–Trinajstić information content (AvgIpc) is 3.67. The summed E-state index contributed by atoms with van der Waals surface area (Å²) in [7, 11) is 0. The highest BCUT2D eigenvalue weighted by atomic mass is 19.1. The summed E-state index contributed by atoms with van der Waals surface area (Å²) >= 11 is 0. The molecule has 0 saturated heterocycles. The summed E-state index contributed by atoms with van der Waals surface area (Å²) in [5.74, 6) is -1.75. The van der Waals surface area contributed by atoms with Gasteiger partial charge in [-0.1, -0.05) is 70.4 Å². The summed E-state index contributed by atoms with van der Waals surface area (Å²) < 4.78 is 39.6. The van der Waals surface area contributed by atoms with Gasteiger partial charge in [0, 0.05) is 51.3 Å². The number of aliphatic hydroxyl groups excluding tert-OH is 1. The lowest BCUT2D eigenvalue weighted by molar-refractivity contribution is -0.219. The number of halogens is 1. The van der Waals surface area contributed by atoms with Crippen molar-refractivity contribution in [2.75, 3.05) is 19.8 Å². The van der Waals surface area contributed by atoms with Gasteiger partial charge in [0.1, 0.15) is 22.5 Å². The molecule has 3 fully saturated rings. The maximum absolute atomic E-state index is 17.4. The molecule has 5 unspecified atom stereocenters. The van der Waals surface area contributed by atoms with Crippen LogP contribution >= 0.6 is 0 Å². The standard InChI is InChI=1S/C50H65FN2O11/c1-29-22-42(57)64-43-31(3)44-36(25-35(29)43)37(32(4)63-44)27-53-46(59)61-21-15-13-11-9-7-8-10-12-14-20-52-45(58)62-28-41(56)50(60)30(2)23-39-38-17-16-33-24-34(54)18-19-47(33,5)49(38,51)40(55)26-48(39,50)6/h18-19,22,24-25,30,38-40,55,60H,7-17,20-21,23,26-28H2,1-6H3,(H,52,58)(H,53,59)/t30-,38?,39?,40?,47?,48?,49+,50+/m1/s1. The van der Waals surface area contributed by atoms with Crippen LogP contribution in [-0.4, -0.2) is 71.1 Å². The molecule has 0 radical (unpaired) electrons. The van der Waals surface area contributed by atoms with E-state index in [-0.39, 0.29) is 18.7 Å². The van der Waals surface area contributed by atoms with E-state index >= 15 is 4.39 Å². The number of furan rings is 1. The highest BCUT2D eigenvalue weighted by Gasteiger charge is 2.75. The molecule has 3 saturated carbocycles. The van der Waals surface area contributed by atoms with E-state index in [9.17, 15) is 34.2 Å². The highest BCUT2D eigenvalue weighted by Crippen LogP contribution is 2.70. The molecule has 7 rings (SSSR count). The Bertz CT molecular complexity index is 2420. The van der Waals surface area contributed by atoms with Crippen molar-refractivity contribution >= 4 is 45.7 Å². The predicted octanol–water partition coefficient (Wildman–Crippen LogP) is 8.84. The average molecular weight is 889 g/mol. The Morgan fingerprint density at radius 3 is 2.25 bits per heavy atom. The Morgan fingerprint density at radius 1 is 0.875 bits per heavy atom. The Morgan fingerprint density at radius 2 is 1.53 bits per heavy atom. The third-order valence-corrected chi connectivity index (χ3v) is 15.6. The van der Waals surface area contributed by atoms with Crippen molar-refractivity contribution < 1.29 is 52.1 Å².